The van der Waals surface area contributed by atoms with E-state index in [0.717, 1.165) is 0 Å². The maximum atomic E-state index is 14.2. The zero-order valence-corrected chi connectivity index (χ0v) is 37.4. The number of aliphatic carboxylic acids is 1. The van der Waals surface area contributed by atoms with E-state index in [0.29, 0.717) is 19.6 Å². The second kappa shape index (κ2) is 20.3. The fourth-order valence-electron chi connectivity index (χ4n) is 6.48. The molecule has 0 atom stereocenters. The van der Waals surface area contributed by atoms with Gasteiger partial charge in [0, 0.05) is 83.7 Å². The summed E-state index contributed by atoms with van der Waals surface area (Å²) >= 11 is 0. The Hall–Kier alpha value is -4.06. The van der Waals surface area contributed by atoms with E-state index >= 15 is 0 Å². The molecule has 0 unspecified atom stereocenters. The number of rotatable bonds is 5. The van der Waals surface area contributed by atoms with Crippen LogP contribution in [0.3, 0.4) is 0 Å². The molecule has 0 aromatic heterocycles. The Morgan fingerprint density at radius 1 is 0.552 bits per heavy atom. The first-order valence-corrected chi connectivity index (χ1v) is 20.2. The number of nitrogens with one attached hydrogen (secondary N) is 3. The molecule has 3 heterocycles. The Balaban J connectivity index is 2.96. The molecule has 18 nitrogen and oxygen atoms in total. The number of amides is 5. The van der Waals surface area contributed by atoms with Crippen molar-refractivity contribution in [3.05, 3.63) is 0 Å². The highest BCUT2D eigenvalue weighted by Crippen LogP contribution is 2.25. The van der Waals surface area contributed by atoms with E-state index in [1.54, 1.807) is 83.1 Å². The molecule has 58 heavy (non-hydrogen) atoms. The smallest absolute Gasteiger partial charge is 0.410 e. The number of hydrogen-bond acceptors (Lipinski definition) is 12. The second-order valence-corrected chi connectivity index (χ2v) is 19.8. The zero-order valence-electron chi connectivity index (χ0n) is 37.4. The first kappa shape index (κ1) is 50.1. The first-order chi connectivity index (χ1) is 26.4. The Bertz CT molecular complexity index is 1350. The van der Waals surface area contributed by atoms with Gasteiger partial charge in [-0.25, -0.2) is 19.2 Å². The van der Waals surface area contributed by atoms with Crippen LogP contribution in [-0.2, 0) is 28.5 Å². The molecular weight excluding hydrogens is 754 g/mol. The van der Waals surface area contributed by atoms with Gasteiger partial charge < -0.3 is 59.6 Å². The van der Waals surface area contributed by atoms with Crippen LogP contribution in [0.25, 0.3) is 0 Å². The van der Waals surface area contributed by atoms with Crippen molar-refractivity contribution in [1.82, 2.24) is 35.6 Å². The number of carbonyl (C=O) groups is 6. The lowest BCUT2D eigenvalue weighted by atomic mass is 9.88. The predicted octanol–water partition coefficient (Wildman–Crippen LogP) is 4.26. The average Bonchev–Trinajstić information content (AvgIpc) is 3.01. The van der Waals surface area contributed by atoms with Gasteiger partial charge in [-0.15, -0.1) is 0 Å². The van der Waals surface area contributed by atoms with E-state index in [9.17, 15) is 33.9 Å². The predicted molar refractivity (Wildman–Crippen MR) is 217 cm³/mol. The van der Waals surface area contributed by atoms with Crippen LogP contribution in [-0.4, -0.2) is 167 Å². The second-order valence-electron chi connectivity index (χ2n) is 19.8. The van der Waals surface area contributed by atoms with Crippen molar-refractivity contribution in [2.24, 2.45) is 5.41 Å². The van der Waals surface area contributed by atoms with Crippen LogP contribution in [0.2, 0.25) is 0 Å². The molecule has 0 spiro atoms. The average molecular weight is 828 g/mol. The van der Waals surface area contributed by atoms with Gasteiger partial charge in [0.25, 0.3) is 0 Å². The third-order valence-electron chi connectivity index (χ3n) is 8.71. The van der Waals surface area contributed by atoms with E-state index in [4.69, 9.17) is 18.9 Å². The zero-order chi connectivity index (χ0) is 44.3. The minimum absolute atomic E-state index is 0.0258. The van der Waals surface area contributed by atoms with Gasteiger partial charge in [0.15, 0.2) is 0 Å². The molecule has 0 aromatic carbocycles. The minimum atomic E-state index is -1.44. The summed E-state index contributed by atoms with van der Waals surface area (Å²) in [5, 5.41) is 19.2. The van der Waals surface area contributed by atoms with Crippen LogP contribution < -0.4 is 16.0 Å². The molecule has 0 aromatic rings. The van der Waals surface area contributed by atoms with Gasteiger partial charge in [0.05, 0.1) is 18.6 Å². The molecule has 0 aliphatic carbocycles. The largest absolute Gasteiger partial charge is 0.481 e. The fourth-order valence-corrected chi connectivity index (χ4v) is 6.48. The van der Waals surface area contributed by atoms with Gasteiger partial charge in [-0.05, 0) is 89.5 Å². The number of ether oxygens (including phenoxy) is 4. The van der Waals surface area contributed by atoms with Gasteiger partial charge >= 0.3 is 30.3 Å². The van der Waals surface area contributed by atoms with Crippen molar-refractivity contribution < 1.29 is 52.8 Å². The van der Waals surface area contributed by atoms with Crippen molar-refractivity contribution >= 4 is 36.2 Å². The quantitative estimate of drug-likeness (QED) is 0.286. The van der Waals surface area contributed by atoms with Crippen LogP contribution >= 0.6 is 0 Å². The lowest BCUT2D eigenvalue weighted by Crippen LogP contribution is -2.68. The van der Waals surface area contributed by atoms with Crippen molar-refractivity contribution in [2.45, 2.75) is 137 Å². The summed E-state index contributed by atoms with van der Waals surface area (Å²) in [6.07, 6.45) is -3.02. The molecule has 0 radical (unpaired) electrons. The third-order valence-corrected chi connectivity index (χ3v) is 8.71. The Kier molecular flexibility index (Phi) is 17.5. The summed E-state index contributed by atoms with van der Waals surface area (Å²) in [4.78, 5) is 87.4. The van der Waals surface area contributed by atoms with E-state index in [2.05, 4.69) is 16.0 Å². The van der Waals surface area contributed by atoms with Gasteiger partial charge in [-0.1, -0.05) is 6.92 Å². The molecule has 3 aliphatic heterocycles. The molecule has 3 saturated heterocycles. The standard InChI is InChI=1S/C40H73N7O11/c1-35(2,3)55-31(51)44-19-21-46(33(53)57-37(7,8)9)27-40(43-29(48)15-14-16-30(49)50)24-42-18-17-41-23-39(13,25-44)26-45(32(52)56-36(4,5)6)20-22-47(28-40)34(54)58-38(10,11)12/h41-42H,14-28H2,1-13H3,(H,43,48)(H,49,50). The third kappa shape index (κ3) is 19.1. The van der Waals surface area contributed by atoms with Gasteiger partial charge in [-0.3, -0.25) is 9.59 Å². The number of nitrogens with zero attached hydrogens (tertiary/aromatic N) is 4. The van der Waals surface area contributed by atoms with Crippen LogP contribution in [0, 0.1) is 5.41 Å². The highest BCUT2D eigenvalue weighted by Gasteiger charge is 2.43. The SMILES string of the molecule is CC12CNCCNCC(NC(=O)CCCC(=O)O)(CN(C(=O)OC(C)(C)C)CCN(C(=O)OC(C)(C)C)C1)CN(C(=O)OC(C)(C)C)CCN(C(=O)OC(C)(C)C)C2. The molecular formula is C40H73N7O11. The van der Waals surface area contributed by atoms with E-state index < -0.39 is 69.6 Å². The summed E-state index contributed by atoms with van der Waals surface area (Å²) in [5.74, 6) is -1.55. The maximum absolute atomic E-state index is 14.2. The molecule has 0 saturated carbocycles. The summed E-state index contributed by atoms with van der Waals surface area (Å²) < 4.78 is 23.5. The number of carbonyl (C=O) groups excluding carboxylic acids is 5. The summed E-state index contributed by atoms with van der Waals surface area (Å²) in [6, 6.07) is 0. The highest BCUT2D eigenvalue weighted by molar-refractivity contribution is 5.78. The van der Waals surface area contributed by atoms with Crippen LogP contribution in [0.5, 0.6) is 0 Å². The molecule has 3 fully saturated rings. The lowest BCUT2D eigenvalue weighted by molar-refractivity contribution is -0.137. The molecule has 2 bridgehead atoms. The molecule has 5 amide bonds. The van der Waals surface area contributed by atoms with Crippen molar-refractivity contribution in [1.29, 1.82) is 0 Å². The highest BCUT2D eigenvalue weighted by atomic mass is 16.6. The van der Waals surface area contributed by atoms with E-state index in [1.165, 1.54) is 19.6 Å². The topological polar surface area (TPSA) is 209 Å². The fraction of sp³-hybridized carbons (Fsp3) is 0.850. The van der Waals surface area contributed by atoms with Gasteiger partial charge in [0.1, 0.15) is 22.4 Å². The number of fused-ring (bicyclic) bond motifs is 15. The van der Waals surface area contributed by atoms with Crippen LogP contribution in [0.4, 0.5) is 19.2 Å². The Labute approximate surface area is 345 Å². The molecule has 3 aliphatic rings. The number of hydrogen-bond donors (Lipinski definition) is 4. The van der Waals surface area contributed by atoms with Crippen molar-refractivity contribution in [2.75, 3.05) is 78.5 Å². The molecule has 3 rings (SSSR count). The maximum Gasteiger partial charge on any atom is 0.410 e. The summed E-state index contributed by atoms with van der Waals surface area (Å²) in [6.45, 7) is 23.6. The van der Waals surface area contributed by atoms with Crippen molar-refractivity contribution in [3.63, 3.8) is 0 Å². The minimum Gasteiger partial charge on any atom is -0.481 e. The van der Waals surface area contributed by atoms with Gasteiger partial charge in [-0.2, -0.15) is 0 Å². The first-order valence-electron chi connectivity index (χ1n) is 20.2. The number of carboxylic acid groups (broad SMARTS) is 1. The lowest BCUT2D eigenvalue weighted by Gasteiger charge is -2.45. The van der Waals surface area contributed by atoms with Gasteiger partial charge in [0.2, 0.25) is 5.91 Å². The van der Waals surface area contributed by atoms with E-state index in [1.807, 2.05) is 6.92 Å². The normalized spacial score (nSPS) is 22.3. The Morgan fingerprint density at radius 2 is 0.879 bits per heavy atom. The Morgan fingerprint density at radius 3 is 1.21 bits per heavy atom. The summed E-state index contributed by atoms with van der Waals surface area (Å²) in [5.41, 5.74) is -5.79. The van der Waals surface area contributed by atoms with Crippen LogP contribution in [0.15, 0.2) is 0 Å². The van der Waals surface area contributed by atoms with E-state index in [-0.39, 0.29) is 78.2 Å². The molecule has 4 N–H and O–H groups in total. The number of carboxylic acids is 1. The van der Waals surface area contributed by atoms with Crippen LogP contribution in [0.1, 0.15) is 109 Å². The molecule has 18 heteroatoms. The molecule has 334 valence electrons. The monoisotopic (exact) mass is 828 g/mol. The van der Waals surface area contributed by atoms with Crippen molar-refractivity contribution in [3.8, 4) is 0 Å². The summed E-state index contributed by atoms with van der Waals surface area (Å²) in [7, 11) is 0.